The van der Waals surface area contributed by atoms with Gasteiger partial charge in [-0.05, 0) is 26.0 Å². The molecule has 0 aliphatic carbocycles. The van der Waals surface area contributed by atoms with Crippen molar-refractivity contribution in [3.05, 3.63) is 34.7 Å². The zero-order chi connectivity index (χ0) is 13.5. The maximum Gasteiger partial charge on any atom is 0.155 e. The first-order valence-electron chi connectivity index (χ1n) is 5.25. The Labute approximate surface area is 111 Å². The van der Waals surface area contributed by atoms with Crippen molar-refractivity contribution in [3.63, 3.8) is 0 Å². The van der Waals surface area contributed by atoms with E-state index in [1.165, 1.54) is 0 Å². The van der Waals surface area contributed by atoms with Crippen LogP contribution in [0.1, 0.15) is 13.8 Å². The Hall–Kier alpha value is -1.73. The molecular formula is C12H13N3O2S. The van der Waals surface area contributed by atoms with Crippen LogP contribution in [-0.2, 0) is 4.18 Å². The average molecular weight is 263 g/mol. The molecule has 18 heavy (non-hydrogen) atoms. The van der Waals surface area contributed by atoms with Crippen LogP contribution in [0.4, 0.5) is 0 Å². The molecule has 0 aromatic heterocycles. The molecule has 0 atom stereocenters. The van der Waals surface area contributed by atoms with Crippen LogP contribution in [0.15, 0.2) is 34.7 Å². The van der Waals surface area contributed by atoms with Crippen LogP contribution in [0.5, 0.6) is 0 Å². The molecule has 0 amide bonds. The number of allylic oxidation sites excluding steroid dienone is 6. The largest absolute Gasteiger partial charge is 0.347 e. The third-order valence-electron chi connectivity index (χ3n) is 2.54. The second-order valence-electron chi connectivity index (χ2n) is 3.67. The summed E-state index contributed by atoms with van der Waals surface area (Å²) in [6.45, 7) is 4.77. The van der Waals surface area contributed by atoms with Gasteiger partial charge in [0.2, 0.25) is 0 Å². The molecule has 1 aliphatic heterocycles. The van der Waals surface area contributed by atoms with Crippen LogP contribution in [0.3, 0.4) is 0 Å². The maximum atomic E-state index is 8.84. The molecule has 0 aromatic rings. The summed E-state index contributed by atoms with van der Waals surface area (Å²) in [6, 6.07) is 3.76. The van der Waals surface area contributed by atoms with Crippen LogP contribution in [0.25, 0.3) is 0 Å². The first kappa shape index (κ1) is 14.3. The molecule has 5 nitrogen and oxygen atoms in total. The van der Waals surface area contributed by atoms with Gasteiger partial charge >= 0.3 is 0 Å². The van der Waals surface area contributed by atoms with Crippen LogP contribution >= 0.6 is 12.3 Å². The van der Waals surface area contributed by atoms with E-state index in [-0.39, 0.29) is 5.57 Å². The van der Waals surface area contributed by atoms with Crippen LogP contribution < -0.4 is 0 Å². The first-order valence-corrected chi connectivity index (χ1v) is 5.95. The van der Waals surface area contributed by atoms with Gasteiger partial charge in [0.15, 0.2) is 12.3 Å². The predicted molar refractivity (Wildman–Crippen MR) is 68.6 cm³/mol. The van der Waals surface area contributed by atoms with Gasteiger partial charge in [0, 0.05) is 23.5 Å². The summed E-state index contributed by atoms with van der Waals surface area (Å²) in [5.74, 6) is 0. The fourth-order valence-corrected chi connectivity index (χ4v) is 1.89. The highest BCUT2D eigenvalue weighted by Gasteiger charge is 2.15. The van der Waals surface area contributed by atoms with Crippen molar-refractivity contribution in [1.29, 1.82) is 10.5 Å². The zero-order valence-corrected chi connectivity index (χ0v) is 11.0. The predicted octanol–water partition coefficient (Wildman–Crippen LogP) is 2.59. The summed E-state index contributed by atoms with van der Waals surface area (Å²) in [4.78, 5) is 1.99. The van der Waals surface area contributed by atoms with Crippen LogP contribution in [0, 0.1) is 22.7 Å². The summed E-state index contributed by atoms with van der Waals surface area (Å²) in [5.41, 5.74) is 2.60. The van der Waals surface area contributed by atoms with Gasteiger partial charge in [0.05, 0.1) is 6.61 Å². The molecule has 0 saturated heterocycles. The Morgan fingerprint density at radius 3 is 2.33 bits per heavy atom. The highest BCUT2D eigenvalue weighted by atomic mass is 32.2. The Morgan fingerprint density at radius 1 is 1.33 bits per heavy atom. The molecule has 94 valence electrons. The molecule has 1 rings (SSSR count). The smallest absolute Gasteiger partial charge is 0.155 e. The van der Waals surface area contributed by atoms with Crippen molar-refractivity contribution in [1.82, 2.24) is 4.90 Å². The third kappa shape index (κ3) is 3.38. The van der Waals surface area contributed by atoms with Crippen molar-refractivity contribution < 1.29 is 8.74 Å². The summed E-state index contributed by atoms with van der Waals surface area (Å²) in [6.07, 6.45) is 3.59. The van der Waals surface area contributed by atoms with E-state index >= 15 is 0 Å². The lowest BCUT2D eigenvalue weighted by atomic mass is 10.0. The molecule has 6 heteroatoms. The summed E-state index contributed by atoms with van der Waals surface area (Å²) in [5, 5.41) is 17.7. The van der Waals surface area contributed by atoms with Gasteiger partial charge in [-0.25, -0.2) is 0 Å². The molecule has 0 spiro atoms. The lowest BCUT2D eigenvalue weighted by molar-refractivity contribution is 0.286. The van der Waals surface area contributed by atoms with E-state index in [0.29, 0.717) is 31.0 Å². The van der Waals surface area contributed by atoms with E-state index in [0.717, 1.165) is 11.4 Å². The van der Waals surface area contributed by atoms with Crippen molar-refractivity contribution in [3.8, 4) is 12.1 Å². The summed E-state index contributed by atoms with van der Waals surface area (Å²) >= 11 is 0.344. The first-order chi connectivity index (χ1) is 8.63. The summed E-state index contributed by atoms with van der Waals surface area (Å²) < 4.78 is 13.3. The van der Waals surface area contributed by atoms with Crippen molar-refractivity contribution >= 4 is 12.3 Å². The molecule has 0 unspecified atom stereocenters. The van der Waals surface area contributed by atoms with Crippen LogP contribution in [-0.4, -0.2) is 22.6 Å². The van der Waals surface area contributed by atoms with Gasteiger partial charge in [-0.3, -0.25) is 4.18 Å². The highest BCUT2D eigenvalue weighted by molar-refractivity contribution is 7.88. The van der Waals surface area contributed by atoms with E-state index in [9.17, 15) is 0 Å². The molecule has 0 fully saturated rings. The fourth-order valence-electron chi connectivity index (χ4n) is 1.74. The molecule has 1 N–H and O–H groups in total. The number of nitriles is 2. The minimum atomic E-state index is 0.107. The monoisotopic (exact) mass is 263 g/mol. The highest BCUT2D eigenvalue weighted by Crippen LogP contribution is 2.24. The number of hydrogen-bond acceptors (Lipinski definition) is 6. The van der Waals surface area contributed by atoms with Gasteiger partial charge in [-0.1, -0.05) is 0 Å². The topological polar surface area (TPSA) is 80.3 Å². The van der Waals surface area contributed by atoms with E-state index < -0.39 is 0 Å². The van der Waals surface area contributed by atoms with Crippen LogP contribution in [0.2, 0.25) is 0 Å². The van der Waals surface area contributed by atoms with Crippen molar-refractivity contribution in [2.24, 2.45) is 0 Å². The van der Waals surface area contributed by atoms with Crippen molar-refractivity contribution in [2.75, 3.05) is 13.2 Å². The van der Waals surface area contributed by atoms with E-state index in [2.05, 4.69) is 0 Å². The van der Waals surface area contributed by atoms with Gasteiger partial charge in [-0.15, -0.1) is 0 Å². The SMILES string of the molecule is CC1=CC(=C(C#N)C#N)C=C(C)N1CCOSO. The fraction of sp³-hybridized carbons (Fsp3) is 0.333. The Kier molecular flexibility index (Phi) is 5.47. The molecule has 0 bridgehead atoms. The van der Waals surface area contributed by atoms with Gasteiger partial charge in [0.25, 0.3) is 0 Å². The Bertz CT molecular complexity index is 456. The normalized spacial score (nSPS) is 14.5. The molecule has 1 aliphatic rings. The van der Waals surface area contributed by atoms with Gasteiger partial charge in [0.1, 0.15) is 17.7 Å². The third-order valence-corrected chi connectivity index (χ3v) is 2.82. The second kappa shape index (κ2) is 6.87. The zero-order valence-electron chi connectivity index (χ0n) is 10.2. The quantitative estimate of drug-likeness (QED) is 0.477. The maximum absolute atomic E-state index is 8.84. The van der Waals surface area contributed by atoms with E-state index in [1.54, 1.807) is 12.2 Å². The Morgan fingerprint density at radius 2 is 1.89 bits per heavy atom. The molecule has 0 radical (unpaired) electrons. The average Bonchev–Trinajstić information content (AvgIpc) is 2.34. The molecule has 0 aromatic carbocycles. The minimum absolute atomic E-state index is 0.107. The lowest BCUT2D eigenvalue weighted by Crippen LogP contribution is -2.25. The minimum Gasteiger partial charge on any atom is -0.347 e. The number of rotatable bonds is 4. The standard InChI is InChI=1S/C12H13N3O2S/c1-9-5-11(12(7-13)8-14)6-10(2)15(9)3-4-17-18-16/h5-6,16H,3-4H2,1-2H3. The van der Waals surface area contributed by atoms with E-state index in [4.69, 9.17) is 19.3 Å². The number of nitrogens with zero attached hydrogens (tertiary/aromatic N) is 3. The summed E-state index contributed by atoms with van der Waals surface area (Å²) in [7, 11) is 0. The van der Waals surface area contributed by atoms with Crippen molar-refractivity contribution in [2.45, 2.75) is 13.8 Å². The van der Waals surface area contributed by atoms with Gasteiger partial charge in [-0.2, -0.15) is 10.5 Å². The second-order valence-corrected chi connectivity index (χ2v) is 4.06. The Balaban J connectivity index is 2.92. The molecular weight excluding hydrogens is 250 g/mol. The number of hydrogen-bond donors (Lipinski definition) is 1. The lowest BCUT2D eigenvalue weighted by Gasteiger charge is -2.29. The van der Waals surface area contributed by atoms with E-state index in [1.807, 2.05) is 30.9 Å². The van der Waals surface area contributed by atoms with Gasteiger partial charge < -0.3 is 9.45 Å². The molecule has 0 saturated carbocycles. The molecule has 1 heterocycles.